The van der Waals surface area contributed by atoms with Crippen molar-refractivity contribution in [2.45, 2.75) is 57.7 Å². The van der Waals surface area contributed by atoms with E-state index < -0.39 is 0 Å². The molecule has 5 heteroatoms. The fraction of sp³-hybridized carbons (Fsp3) is 0.833. The van der Waals surface area contributed by atoms with Crippen molar-refractivity contribution in [1.82, 2.24) is 14.8 Å². The molecule has 0 bridgehead atoms. The smallest absolute Gasteiger partial charge is 0.152 e. The monoisotopic (exact) mass is 238 g/mol. The van der Waals surface area contributed by atoms with Gasteiger partial charge in [-0.05, 0) is 19.3 Å². The summed E-state index contributed by atoms with van der Waals surface area (Å²) in [6.45, 7) is 4.16. The molecular formula is C12H22N4O. The lowest BCUT2D eigenvalue weighted by Gasteiger charge is -2.22. The van der Waals surface area contributed by atoms with Crippen molar-refractivity contribution in [2.75, 3.05) is 6.61 Å². The molecule has 0 spiro atoms. The summed E-state index contributed by atoms with van der Waals surface area (Å²) in [5.41, 5.74) is 6.13. The van der Waals surface area contributed by atoms with Gasteiger partial charge < -0.3 is 10.5 Å². The normalized spacial score (nSPS) is 18.7. The van der Waals surface area contributed by atoms with Gasteiger partial charge in [0.1, 0.15) is 12.9 Å². The summed E-state index contributed by atoms with van der Waals surface area (Å²) in [6.07, 6.45) is 7.25. The van der Waals surface area contributed by atoms with Crippen LogP contribution in [0, 0.1) is 0 Å². The van der Waals surface area contributed by atoms with E-state index in [2.05, 4.69) is 17.0 Å². The first-order valence-electron chi connectivity index (χ1n) is 6.47. The highest BCUT2D eigenvalue weighted by Crippen LogP contribution is 2.27. The van der Waals surface area contributed by atoms with Crippen LogP contribution in [-0.4, -0.2) is 26.9 Å². The molecule has 5 nitrogen and oxygen atoms in total. The average molecular weight is 238 g/mol. The van der Waals surface area contributed by atoms with Crippen LogP contribution in [0.1, 0.15) is 44.9 Å². The minimum atomic E-state index is -0.102. The van der Waals surface area contributed by atoms with E-state index >= 15 is 0 Å². The minimum Gasteiger partial charge on any atom is -0.372 e. The molecule has 17 heavy (non-hydrogen) atoms. The van der Waals surface area contributed by atoms with E-state index in [0.717, 1.165) is 31.6 Å². The standard InChI is InChI=1S/C12H22N4O/c1-2-7-16-11(14-10-15-16)8-17-9-12(13)5-3-4-6-12/h10H,2-9,13H2,1H3. The summed E-state index contributed by atoms with van der Waals surface area (Å²) in [7, 11) is 0. The van der Waals surface area contributed by atoms with Crippen LogP contribution in [0.4, 0.5) is 0 Å². The van der Waals surface area contributed by atoms with Gasteiger partial charge >= 0.3 is 0 Å². The van der Waals surface area contributed by atoms with Crippen molar-refractivity contribution < 1.29 is 4.74 Å². The first kappa shape index (κ1) is 12.5. The van der Waals surface area contributed by atoms with Gasteiger partial charge in [0.2, 0.25) is 0 Å². The summed E-state index contributed by atoms with van der Waals surface area (Å²) in [4.78, 5) is 4.21. The first-order valence-corrected chi connectivity index (χ1v) is 6.47. The van der Waals surface area contributed by atoms with Gasteiger partial charge in [-0.1, -0.05) is 19.8 Å². The number of ether oxygens (including phenoxy) is 1. The highest BCUT2D eigenvalue weighted by Gasteiger charge is 2.29. The predicted molar refractivity (Wildman–Crippen MR) is 65.4 cm³/mol. The zero-order valence-corrected chi connectivity index (χ0v) is 10.6. The van der Waals surface area contributed by atoms with E-state index in [1.165, 1.54) is 12.8 Å². The lowest BCUT2D eigenvalue weighted by Crippen LogP contribution is -2.41. The third kappa shape index (κ3) is 3.26. The molecule has 2 N–H and O–H groups in total. The number of nitrogens with two attached hydrogens (primary N) is 1. The summed E-state index contributed by atoms with van der Waals surface area (Å²) in [6, 6.07) is 0. The molecule has 0 radical (unpaired) electrons. The lowest BCUT2D eigenvalue weighted by molar-refractivity contribution is 0.0687. The zero-order valence-electron chi connectivity index (χ0n) is 10.6. The molecule has 1 fully saturated rings. The van der Waals surface area contributed by atoms with E-state index in [9.17, 15) is 0 Å². The second-order valence-electron chi connectivity index (χ2n) is 4.96. The van der Waals surface area contributed by atoms with Crippen LogP contribution < -0.4 is 5.73 Å². The van der Waals surface area contributed by atoms with Crippen molar-refractivity contribution >= 4 is 0 Å². The number of aryl methyl sites for hydroxylation is 1. The van der Waals surface area contributed by atoms with Gasteiger partial charge in [0.25, 0.3) is 0 Å². The minimum absolute atomic E-state index is 0.102. The van der Waals surface area contributed by atoms with E-state index in [1.54, 1.807) is 6.33 Å². The van der Waals surface area contributed by atoms with Gasteiger partial charge in [0.05, 0.1) is 6.61 Å². The second kappa shape index (κ2) is 5.60. The Labute approximate surface area is 102 Å². The second-order valence-corrected chi connectivity index (χ2v) is 4.96. The molecule has 0 atom stereocenters. The molecular weight excluding hydrogens is 216 g/mol. The molecule has 1 heterocycles. The number of hydrogen-bond donors (Lipinski definition) is 1. The highest BCUT2D eigenvalue weighted by atomic mass is 16.5. The third-order valence-electron chi connectivity index (χ3n) is 3.35. The summed E-state index contributed by atoms with van der Waals surface area (Å²) in [5, 5.41) is 4.17. The van der Waals surface area contributed by atoms with Crippen molar-refractivity contribution in [3.63, 3.8) is 0 Å². The van der Waals surface area contributed by atoms with Crippen molar-refractivity contribution in [3.8, 4) is 0 Å². The van der Waals surface area contributed by atoms with E-state index in [0.29, 0.717) is 13.2 Å². The van der Waals surface area contributed by atoms with Crippen molar-refractivity contribution in [2.24, 2.45) is 5.73 Å². The average Bonchev–Trinajstić information content (AvgIpc) is 2.90. The largest absolute Gasteiger partial charge is 0.372 e. The number of aromatic nitrogens is 3. The Morgan fingerprint density at radius 1 is 1.47 bits per heavy atom. The van der Waals surface area contributed by atoms with Gasteiger partial charge in [0.15, 0.2) is 5.82 Å². The maximum Gasteiger partial charge on any atom is 0.152 e. The molecule has 1 saturated carbocycles. The van der Waals surface area contributed by atoms with Crippen LogP contribution in [0.15, 0.2) is 6.33 Å². The Morgan fingerprint density at radius 2 is 2.24 bits per heavy atom. The topological polar surface area (TPSA) is 66.0 Å². The molecule has 0 saturated heterocycles. The van der Waals surface area contributed by atoms with Gasteiger partial charge in [0, 0.05) is 12.1 Å². The quantitative estimate of drug-likeness (QED) is 0.815. The molecule has 0 amide bonds. The van der Waals surface area contributed by atoms with Crippen LogP contribution in [0.3, 0.4) is 0 Å². The van der Waals surface area contributed by atoms with Crippen LogP contribution in [0.5, 0.6) is 0 Å². The summed E-state index contributed by atoms with van der Waals surface area (Å²) >= 11 is 0. The number of hydrogen-bond acceptors (Lipinski definition) is 4. The third-order valence-corrected chi connectivity index (χ3v) is 3.35. The SMILES string of the molecule is CCCn1ncnc1COCC1(N)CCCC1. The van der Waals surface area contributed by atoms with Gasteiger partial charge in [-0.3, -0.25) is 0 Å². The van der Waals surface area contributed by atoms with Crippen LogP contribution in [0.25, 0.3) is 0 Å². The van der Waals surface area contributed by atoms with E-state index in [-0.39, 0.29) is 5.54 Å². The first-order chi connectivity index (χ1) is 8.23. The Hall–Kier alpha value is -0.940. The fourth-order valence-corrected chi connectivity index (χ4v) is 2.37. The highest BCUT2D eigenvalue weighted by molar-refractivity contribution is 4.89. The molecule has 0 aliphatic heterocycles. The van der Waals surface area contributed by atoms with E-state index in [4.69, 9.17) is 10.5 Å². The van der Waals surface area contributed by atoms with Crippen LogP contribution in [-0.2, 0) is 17.9 Å². The Kier molecular flexibility index (Phi) is 4.12. The lowest BCUT2D eigenvalue weighted by atomic mass is 10.0. The van der Waals surface area contributed by atoms with Gasteiger partial charge in [-0.2, -0.15) is 5.10 Å². The Balaban J connectivity index is 1.79. The van der Waals surface area contributed by atoms with Crippen LogP contribution >= 0.6 is 0 Å². The molecule has 1 aliphatic carbocycles. The predicted octanol–water partition coefficient (Wildman–Crippen LogP) is 1.48. The Bertz CT molecular complexity index is 344. The summed E-state index contributed by atoms with van der Waals surface area (Å²) in [5.74, 6) is 0.897. The molecule has 1 aliphatic rings. The fourth-order valence-electron chi connectivity index (χ4n) is 2.37. The van der Waals surface area contributed by atoms with Gasteiger partial charge in [-0.25, -0.2) is 9.67 Å². The number of rotatable bonds is 6. The molecule has 0 aromatic carbocycles. The van der Waals surface area contributed by atoms with Crippen LogP contribution in [0.2, 0.25) is 0 Å². The molecule has 96 valence electrons. The maximum absolute atomic E-state index is 6.23. The van der Waals surface area contributed by atoms with Crippen molar-refractivity contribution in [1.29, 1.82) is 0 Å². The molecule has 2 rings (SSSR count). The van der Waals surface area contributed by atoms with E-state index in [1.807, 2.05) is 4.68 Å². The number of nitrogens with zero attached hydrogens (tertiary/aromatic N) is 3. The zero-order chi connectivity index (χ0) is 12.1. The molecule has 1 aromatic heterocycles. The van der Waals surface area contributed by atoms with Crippen molar-refractivity contribution in [3.05, 3.63) is 12.2 Å². The summed E-state index contributed by atoms with van der Waals surface area (Å²) < 4.78 is 7.60. The molecule has 1 aromatic rings. The maximum atomic E-state index is 6.23. The Morgan fingerprint density at radius 3 is 2.94 bits per heavy atom. The molecule has 0 unspecified atom stereocenters. The van der Waals surface area contributed by atoms with Gasteiger partial charge in [-0.15, -0.1) is 0 Å².